The van der Waals surface area contributed by atoms with Crippen LogP contribution in [-0.4, -0.2) is 50.3 Å². The molecule has 0 radical (unpaired) electrons. The summed E-state index contributed by atoms with van der Waals surface area (Å²) in [6.07, 6.45) is 2.44. The molecule has 16 heavy (non-hydrogen) atoms. The molecule has 96 valence electrons. The summed E-state index contributed by atoms with van der Waals surface area (Å²) in [5.74, 6) is 0.715. The lowest BCUT2D eigenvalue weighted by molar-refractivity contribution is 0.163. The van der Waals surface area contributed by atoms with Gasteiger partial charge in [-0.05, 0) is 32.5 Å². The van der Waals surface area contributed by atoms with E-state index in [2.05, 4.69) is 31.0 Å². The van der Waals surface area contributed by atoms with Gasteiger partial charge in [-0.3, -0.25) is 0 Å². The molecule has 1 aliphatic heterocycles. The van der Waals surface area contributed by atoms with E-state index in [0.29, 0.717) is 12.0 Å². The molecule has 1 aliphatic rings. The van der Waals surface area contributed by atoms with Gasteiger partial charge in [-0.2, -0.15) is 0 Å². The summed E-state index contributed by atoms with van der Waals surface area (Å²) in [4.78, 5) is 2.51. The summed E-state index contributed by atoms with van der Waals surface area (Å²) in [5.41, 5.74) is 0. The summed E-state index contributed by atoms with van der Waals surface area (Å²) < 4.78 is 5.51. The Labute approximate surface area is 101 Å². The third kappa shape index (κ3) is 4.40. The number of ether oxygens (including phenoxy) is 1. The number of hydrogen-bond donors (Lipinski definition) is 1. The van der Waals surface area contributed by atoms with Crippen LogP contribution in [0.4, 0.5) is 0 Å². The molecule has 0 aromatic carbocycles. The smallest absolute Gasteiger partial charge is 0.0510 e. The topological polar surface area (TPSA) is 24.5 Å². The first-order valence-corrected chi connectivity index (χ1v) is 6.85. The first kappa shape index (κ1) is 13.9. The highest BCUT2D eigenvalue weighted by atomic mass is 16.5. The van der Waals surface area contributed by atoms with Gasteiger partial charge in [-0.25, -0.2) is 0 Å². The first-order valence-electron chi connectivity index (χ1n) is 6.85. The molecule has 0 aliphatic carbocycles. The van der Waals surface area contributed by atoms with Gasteiger partial charge in [0.2, 0.25) is 0 Å². The van der Waals surface area contributed by atoms with Crippen molar-refractivity contribution in [2.45, 2.75) is 39.7 Å². The van der Waals surface area contributed by atoms with E-state index in [-0.39, 0.29) is 0 Å². The van der Waals surface area contributed by atoms with Crippen molar-refractivity contribution in [3.8, 4) is 0 Å². The Bertz CT molecular complexity index is 165. The molecule has 0 aromatic rings. The van der Waals surface area contributed by atoms with Crippen LogP contribution in [0.1, 0.15) is 33.6 Å². The minimum absolute atomic E-state index is 0.613. The van der Waals surface area contributed by atoms with Gasteiger partial charge >= 0.3 is 0 Å². The van der Waals surface area contributed by atoms with E-state index in [1.807, 2.05) is 0 Å². The van der Waals surface area contributed by atoms with Gasteiger partial charge in [-0.15, -0.1) is 0 Å². The van der Waals surface area contributed by atoms with Gasteiger partial charge in [0.05, 0.1) is 6.61 Å². The third-order valence-corrected chi connectivity index (χ3v) is 3.54. The van der Waals surface area contributed by atoms with Crippen molar-refractivity contribution in [2.75, 3.05) is 39.4 Å². The Morgan fingerprint density at radius 2 is 2.06 bits per heavy atom. The molecule has 1 fully saturated rings. The molecule has 0 amide bonds. The zero-order valence-electron chi connectivity index (χ0n) is 11.2. The molecule has 2 atom stereocenters. The predicted octanol–water partition coefficient (Wildman–Crippen LogP) is 1.73. The maximum Gasteiger partial charge on any atom is 0.0510 e. The predicted molar refractivity (Wildman–Crippen MR) is 68.8 cm³/mol. The number of nitrogens with zero attached hydrogens (tertiary/aromatic N) is 1. The number of rotatable bonds is 8. The summed E-state index contributed by atoms with van der Waals surface area (Å²) in [6.45, 7) is 13.2. The highest BCUT2D eigenvalue weighted by molar-refractivity contribution is 4.82. The fourth-order valence-corrected chi connectivity index (χ4v) is 2.34. The molecule has 3 heteroatoms. The molecule has 0 saturated carbocycles. The largest absolute Gasteiger partial charge is 0.381 e. The minimum atomic E-state index is 0.613. The zero-order chi connectivity index (χ0) is 11.8. The van der Waals surface area contributed by atoms with Crippen LogP contribution in [0.15, 0.2) is 0 Å². The summed E-state index contributed by atoms with van der Waals surface area (Å²) in [6, 6.07) is 0.613. The van der Waals surface area contributed by atoms with E-state index >= 15 is 0 Å². The van der Waals surface area contributed by atoms with Crippen LogP contribution in [0.25, 0.3) is 0 Å². The maximum atomic E-state index is 5.51. The molecule has 3 nitrogen and oxygen atoms in total. The van der Waals surface area contributed by atoms with Crippen molar-refractivity contribution in [1.29, 1.82) is 0 Å². The summed E-state index contributed by atoms with van der Waals surface area (Å²) in [5, 5.41) is 3.69. The van der Waals surface area contributed by atoms with Crippen LogP contribution >= 0.6 is 0 Å². The third-order valence-electron chi connectivity index (χ3n) is 3.54. The fraction of sp³-hybridized carbons (Fsp3) is 1.00. The molecule has 1 saturated heterocycles. The van der Waals surface area contributed by atoms with Crippen molar-refractivity contribution in [3.05, 3.63) is 0 Å². The van der Waals surface area contributed by atoms with Crippen molar-refractivity contribution in [3.63, 3.8) is 0 Å². The van der Waals surface area contributed by atoms with Gasteiger partial charge in [0.25, 0.3) is 0 Å². The average Bonchev–Trinajstić information content (AvgIpc) is 2.83. The Morgan fingerprint density at radius 3 is 2.56 bits per heavy atom. The average molecular weight is 228 g/mol. The zero-order valence-corrected chi connectivity index (χ0v) is 11.2. The molecular weight excluding hydrogens is 200 g/mol. The Morgan fingerprint density at radius 1 is 1.31 bits per heavy atom. The van der Waals surface area contributed by atoms with Crippen molar-refractivity contribution in [2.24, 2.45) is 5.92 Å². The second-order valence-electron chi connectivity index (χ2n) is 4.67. The van der Waals surface area contributed by atoms with Gasteiger partial charge in [0.15, 0.2) is 0 Å². The maximum absolute atomic E-state index is 5.51. The fourth-order valence-electron chi connectivity index (χ4n) is 2.34. The van der Waals surface area contributed by atoms with Crippen LogP contribution in [0.5, 0.6) is 0 Å². The van der Waals surface area contributed by atoms with E-state index in [1.54, 1.807) is 0 Å². The van der Waals surface area contributed by atoms with Gasteiger partial charge in [0.1, 0.15) is 0 Å². The van der Waals surface area contributed by atoms with E-state index in [0.717, 1.165) is 32.8 Å². The van der Waals surface area contributed by atoms with Gasteiger partial charge < -0.3 is 15.0 Å². The molecule has 1 N–H and O–H groups in total. The molecule has 1 heterocycles. The molecule has 2 unspecified atom stereocenters. The molecular formula is C13H28N2O. The van der Waals surface area contributed by atoms with E-state index in [1.165, 1.54) is 19.4 Å². The molecule has 0 bridgehead atoms. The van der Waals surface area contributed by atoms with E-state index < -0.39 is 0 Å². The minimum Gasteiger partial charge on any atom is -0.381 e. The number of nitrogens with one attached hydrogen (secondary N) is 1. The standard InChI is InChI=1S/C13H28N2O/c1-4-8-14-13(10-15(5-2)6-3)12-7-9-16-11-12/h12-14H,4-11H2,1-3H3. The number of hydrogen-bond acceptors (Lipinski definition) is 3. The lowest BCUT2D eigenvalue weighted by atomic mass is 9.98. The monoisotopic (exact) mass is 228 g/mol. The van der Waals surface area contributed by atoms with Crippen LogP contribution < -0.4 is 5.32 Å². The van der Waals surface area contributed by atoms with Crippen LogP contribution in [-0.2, 0) is 4.74 Å². The second kappa shape index (κ2) is 8.04. The Balaban J connectivity index is 2.41. The van der Waals surface area contributed by atoms with Crippen molar-refractivity contribution >= 4 is 0 Å². The summed E-state index contributed by atoms with van der Waals surface area (Å²) in [7, 11) is 0. The van der Waals surface area contributed by atoms with Gasteiger partial charge in [0, 0.05) is 25.1 Å². The lowest BCUT2D eigenvalue weighted by Crippen LogP contribution is -2.46. The van der Waals surface area contributed by atoms with Crippen LogP contribution in [0.3, 0.4) is 0 Å². The normalized spacial score (nSPS) is 22.9. The van der Waals surface area contributed by atoms with Crippen LogP contribution in [0, 0.1) is 5.92 Å². The van der Waals surface area contributed by atoms with Crippen molar-refractivity contribution in [1.82, 2.24) is 10.2 Å². The molecule has 0 spiro atoms. The van der Waals surface area contributed by atoms with Crippen LogP contribution in [0.2, 0.25) is 0 Å². The second-order valence-corrected chi connectivity index (χ2v) is 4.67. The highest BCUT2D eigenvalue weighted by Crippen LogP contribution is 2.17. The van der Waals surface area contributed by atoms with E-state index in [9.17, 15) is 0 Å². The van der Waals surface area contributed by atoms with Gasteiger partial charge in [-0.1, -0.05) is 20.8 Å². The Kier molecular flexibility index (Phi) is 7.01. The quantitative estimate of drug-likeness (QED) is 0.685. The molecule has 0 aromatic heterocycles. The highest BCUT2D eigenvalue weighted by Gasteiger charge is 2.26. The van der Waals surface area contributed by atoms with E-state index in [4.69, 9.17) is 4.74 Å². The lowest BCUT2D eigenvalue weighted by Gasteiger charge is -2.29. The SMILES string of the molecule is CCCNC(CN(CC)CC)C1CCOC1. The first-order chi connectivity index (χ1) is 7.81. The number of likely N-dealkylation sites (N-methyl/N-ethyl adjacent to an activating group) is 1. The Hall–Kier alpha value is -0.120. The van der Waals surface area contributed by atoms with Crippen molar-refractivity contribution < 1.29 is 4.74 Å². The molecule has 1 rings (SSSR count). The summed E-state index contributed by atoms with van der Waals surface area (Å²) >= 11 is 0.